The molecule has 2 N–H and O–H groups in total. The standard InChI is InChI=1S/C24H38N4O3S.ClH/c1-16(2)15-31-23(29)18-3-5-19(6-4-18)26-24(30)28-13-9-17(10-14-28)22-27-20-7-11-25-12-8-21(20)32-22;/h16-19,25H,3-15H2,1-2H3,(H,26,30);1H. The van der Waals surface area contributed by atoms with E-state index in [1.54, 1.807) is 0 Å². The van der Waals surface area contributed by atoms with E-state index in [1.807, 2.05) is 30.1 Å². The lowest BCUT2D eigenvalue weighted by atomic mass is 9.86. The fraction of sp³-hybridized carbons (Fsp3) is 0.792. The molecule has 2 amide bonds. The lowest BCUT2D eigenvalue weighted by Crippen LogP contribution is -2.48. The number of amides is 2. The van der Waals surface area contributed by atoms with Gasteiger partial charge in [0.15, 0.2) is 0 Å². The quantitative estimate of drug-likeness (QED) is 0.601. The molecule has 3 heterocycles. The van der Waals surface area contributed by atoms with Gasteiger partial charge in [-0.3, -0.25) is 4.79 Å². The SMILES string of the molecule is CC(C)COC(=O)C1CCC(NC(=O)N2CCC(c3nc4c(s3)CCNCC4)CC2)CC1.Cl. The van der Waals surface area contributed by atoms with E-state index in [9.17, 15) is 9.59 Å². The van der Waals surface area contributed by atoms with E-state index in [-0.39, 0.29) is 36.4 Å². The summed E-state index contributed by atoms with van der Waals surface area (Å²) >= 11 is 1.89. The van der Waals surface area contributed by atoms with Crippen molar-refractivity contribution in [2.75, 3.05) is 32.8 Å². The first-order valence-electron chi connectivity index (χ1n) is 12.4. The van der Waals surface area contributed by atoms with E-state index in [0.29, 0.717) is 18.4 Å². The summed E-state index contributed by atoms with van der Waals surface area (Å²) in [5, 5.41) is 7.93. The number of carbonyl (C=O) groups is 2. The van der Waals surface area contributed by atoms with Gasteiger partial charge in [-0.2, -0.15) is 0 Å². The Morgan fingerprint density at radius 1 is 1.12 bits per heavy atom. The molecule has 7 nitrogen and oxygen atoms in total. The third-order valence-corrected chi connectivity index (χ3v) is 8.26. The highest BCUT2D eigenvalue weighted by Crippen LogP contribution is 2.34. The Hall–Kier alpha value is -1.38. The van der Waals surface area contributed by atoms with Crippen LogP contribution in [0.2, 0.25) is 0 Å². The molecular weight excluding hydrogens is 460 g/mol. The molecule has 0 radical (unpaired) electrons. The van der Waals surface area contributed by atoms with Crippen molar-refractivity contribution in [2.45, 2.75) is 77.2 Å². The molecule has 3 aliphatic rings. The summed E-state index contributed by atoms with van der Waals surface area (Å²) < 4.78 is 5.39. The maximum atomic E-state index is 12.8. The van der Waals surface area contributed by atoms with Crippen molar-refractivity contribution in [3.05, 3.63) is 15.6 Å². The number of piperidine rings is 1. The van der Waals surface area contributed by atoms with Gasteiger partial charge in [0.25, 0.3) is 0 Å². The average Bonchev–Trinajstić information content (AvgIpc) is 3.08. The number of rotatable bonds is 5. The molecule has 0 aromatic carbocycles. The molecule has 0 atom stereocenters. The van der Waals surface area contributed by atoms with E-state index < -0.39 is 0 Å². The maximum Gasteiger partial charge on any atom is 0.317 e. The van der Waals surface area contributed by atoms with Gasteiger partial charge in [-0.25, -0.2) is 9.78 Å². The van der Waals surface area contributed by atoms with Crippen LogP contribution in [-0.2, 0) is 22.4 Å². The number of hydrogen-bond donors (Lipinski definition) is 2. The molecule has 2 aliphatic heterocycles. The number of ether oxygens (including phenoxy) is 1. The van der Waals surface area contributed by atoms with Crippen molar-refractivity contribution >= 4 is 35.7 Å². The number of nitrogens with zero attached hydrogens (tertiary/aromatic N) is 2. The fourth-order valence-corrected chi connectivity index (χ4v) is 6.22. The highest BCUT2D eigenvalue weighted by Gasteiger charge is 2.31. The Bertz CT molecular complexity index is 763. The summed E-state index contributed by atoms with van der Waals surface area (Å²) in [7, 11) is 0. The van der Waals surface area contributed by atoms with Gasteiger partial charge in [0.2, 0.25) is 0 Å². The van der Waals surface area contributed by atoms with Crippen molar-refractivity contribution in [3.63, 3.8) is 0 Å². The lowest BCUT2D eigenvalue weighted by molar-refractivity contribution is -0.150. The number of esters is 1. The van der Waals surface area contributed by atoms with E-state index in [0.717, 1.165) is 77.5 Å². The highest BCUT2D eigenvalue weighted by atomic mass is 35.5. The number of carbonyl (C=O) groups excluding carboxylic acids is 2. The van der Waals surface area contributed by atoms with Crippen molar-refractivity contribution in [2.24, 2.45) is 11.8 Å². The van der Waals surface area contributed by atoms with Gasteiger partial charge >= 0.3 is 12.0 Å². The number of halogens is 1. The Morgan fingerprint density at radius 3 is 2.52 bits per heavy atom. The molecule has 1 aromatic heterocycles. The molecular formula is C24H39ClN4O3S. The van der Waals surface area contributed by atoms with Crippen LogP contribution in [0.4, 0.5) is 4.79 Å². The summed E-state index contributed by atoms with van der Waals surface area (Å²) in [5.74, 6) is 0.765. The summed E-state index contributed by atoms with van der Waals surface area (Å²) in [6.45, 7) is 8.24. The highest BCUT2D eigenvalue weighted by molar-refractivity contribution is 7.11. The number of likely N-dealkylation sites (tertiary alicyclic amines) is 1. The van der Waals surface area contributed by atoms with Gasteiger partial charge in [0.1, 0.15) is 0 Å². The molecule has 0 spiro atoms. The number of hydrogen-bond acceptors (Lipinski definition) is 6. The minimum absolute atomic E-state index is 0. The zero-order valence-corrected chi connectivity index (χ0v) is 21.6. The van der Waals surface area contributed by atoms with Crippen LogP contribution in [0.3, 0.4) is 0 Å². The molecule has 0 unspecified atom stereocenters. The third-order valence-electron chi connectivity index (χ3n) is 6.94. The number of thiazole rings is 1. The molecule has 1 saturated heterocycles. The minimum Gasteiger partial charge on any atom is -0.465 e. The van der Waals surface area contributed by atoms with Gasteiger partial charge in [0.05, 0.1) is 23.2 Å². The van der Waals surface area contributed by atoms with E-state index >= 15 is 0 Å². The number of urea groups is 1. The van der Waals surface area contributed by atoms with Gasteiger partial charge < -0.3 is 20.3 Å². The molecule has 0 bridgehead atoms. The Morgan fingerprint density at radius 2 is 1.82 bits per heavy atom. The minimum atomic E-state index is -0.0682. The molecule has 4 rings (SSSR count). The number of nitrogens with one attached hydrogen (secondary N) is 2. The molecule has 1 saturated carbocycles. The molecule has 186 valence electrons. The molecule has 1 aromatic rings. The van der Waals surface area contributed by atoms with Gasteiger partial charge in [-0.1, -0.05) is 13.8 Å². The summed E-state index contributed by atoms with van der Waals surface area (Å²) in [6.07, 6.45) is 7.41. The van der Waals surface area contributed by atoms with Crippen molar-refractivity contribution < 1.29 is 14.3 Å². The Labute approximate surface area is 207 Å². The summed E-state index contributed by atoms with van der Waals surface area (Å²) in [5.41, 5.74) is 1.29. The van der Waals surface area contributed by atoms with Gasteiger partial charge in [-0.15, -0.1) is 23.7 Å². The van der Waals surface area contributed by atoms with Crippen LogP contribution < -0.4 is 10.6 Å². The van der Waals surface area contributed by atoms with Crippen molar-refractivity contribution in [1.29, 1.82) is 0 Å². The second kappa shape index (κ2) is 12.4. The lowest BCUT2D eigenvalue weighted by Gasteiger charge is -2.34. The first kappa shape index (κ1) is 26.2. The molecule has 1 aliphatic carbocycles. The fourth-order valence-electron chi connectivity index (χ4n) is 4.94. The topological polar surface area (TPSA) is 83.6 Å². The van der Waals surface area contributed by atoms with Crippen molar-refractivity contribution in [1.82, 2.24) is 20.5 Å². The van der Waals surface area contributed by atoms with E-state index in [2.05, 4.69) is 10.6 Å². The zero-order chi connectivity index (χ0) is 22.5. The third kappa shape index (κ3) is 7.06. The van der Waals surface area contributed by atoms with Crippen LogP contribution in [0.1, 0.15) is 73.9 Å². The normalized spacial score (nSPS) is 23.9. The maximum absolute atomic E-state index is 12.8. The first-order chi connectivity index (χ1) is 15.5. The van der Waals surface area contributed by atoms with Crippen molar-refractivity contribution in [3.8, 4) is 0 Å². The van der Waals surface area contributed by atoms with Crippen LogP contribution in [0.25, 0.3) is 0 Å². The Balaban J connectivity index is 0.00000306. The van der Waals surface area contributed by atoms with Crippen LogP contribution >= 0.6 is 23.7 Å². The summed E-state index contributed by atoms with van der Waals surface area (Å²) in [6, 6.07) is 0.216. The second-order valence-electron chi connectivity index (χ2n) is 9.96. The van der Waals surface area contributed by atoms with Gasteiger partial charge in [0, 0.05) is 49.4 Å². The monoisotopic (exact) mass is 498 g/mol. The average molecular weight is 499 g/mol. The molecule has 9 heteroatoms. The van der Waals surface area contributed by atoms with E-state index in [1.165, 1.54) is 15.6 Å². The molecule has 2 fully saturated rings. The smallest absolute Gasteiger partial charge is 0.317 e. The second-order valence-corrected chi connectivity index (χ2v) is 11.1. The number of aromatic nitrogens is 1. The van der Waals surface area contributed by atoms with Crippen LogP contribution in [0.5, 0.6) is 0 Å². The predicted octanol–water partition coefficient (Wildman–Crippen LogP) is 3.90. The van der Waals surface area contributed by atoms with Crippen LogP contribution in [0.15, 0.2) is 0 Å². The Kier molecular flexibility index (Phi) is 9.82. The molecule has 33 heavy (non-hydrogen) atoms. The van der Waals surface area contributed by atoms with Gasteiger partial charge in [-0.05, 0) is 50.9 Å². The van der Waals surface area contributed by atoms with E-state index in [4.69, 9.17) is 9.72 Å². The predicted molar refractivity (Wildman–Crippen MR) is 133 cm³/mol. The summed E-state index contributed by atoms with van der Waals surface area (Å²) in [4.78, 5) is 33.4. The zero-order valence-electron chi connectivity index (χ0n) is 19.9. The van der Waals surface area contributed by atoms with Crippen LogP contribution in [0, 0.1) is 11.8 Å². The largest absolute Gasteiger partial charge is 0.465 e. The number of fused-ring (bicyclic) bond motifs is 1. The van der Waals surface area contributed by atoms with Crippen LogP contribution in [-0.4, -0.2) is 60.7 Å². The first-order valence-corrected chi connectivity index (χ1v) is 13.2.